The summed E-state index contributed by atoms with van der Waals surface area (Å²) in [4.78, 5) is 18.8. The fraction of sp³-hybridized carbons (Fsp3) is 0.182. The number of fused-ring (bicyclic) bond motifs is 1. The topological polar surface area (TPSA) is 44.1 Å². The number of nitrogens with zero attached hydrogens (tertiary/aromatic N) is 2. The van der Waals surface area contributed by atoms with Crippen molar-refractivity contribution in [1.82, 2.24) is 9.55 Å². The van der Waals surface area contributed by atoms with Crippen LogP contribution in [0.4, 0.5) is 8.78 Å². The molecular formula is C22H18F2N2O2S. The normalized spacial score (nSPS) is 11.3. The smallest absolute Gasteiger partial charge is 0.263 e. The summed E-state index contributed by atoms with van der Waals surface area (Å²) in [5.41, 5.74) is 1.93. The van der Waals surface area contributed by atoms with E-state index in [1.54, 1.807) is 35.9 Å². The van der Waals surface area contributed by atoms with E-state index in [1.165, 1.54) is 35.6 Å². The maximum Gasteiger partial charge on any atom is 0.263 e. The molecule has 0 spiro atoms. The van der Waals surface area contributed by atoms with Gasteiger partial charge in [0.05, 0.1) is 18.5 Å². The molecule has 0 unspecified atom stereocenters. The average Bonchev–Trinajstić information content (AvgIpc) is 3.13. The molecule has 0 radical (unpaired) electrons. The maximum absolute atomic E-state index is 13.6. The molecule has 2 heterocycles. The zero-order chi connectivity index (χ0) is 20.4. The summed E-state index contributed by atoms with van der Waals surface area (Å²) in [6, 6.07) is 12.2. The van der Waals surface area contributed by atoms with Gasteiger partial charge in [0.25, 0.3) is 5.56 Å². The van der Waals surface area contributed by atoms with Gasteiger partial charge in [-0.05, 0) is 35.4 Å². The fourth-order valence-corrected chi connectivity index (χ4v) is 4.23. The fourth-order valence-electron chi connectivity index (χ4n) is 3.27. The number of benzene rings is 2. The van der Waals surface area contributed by atoms with E-state index in [4.69, 9.17) is 4.74 Å². The monoisotopic (exact) mass is 412 g/mol. The van der Waals surface area contributed by atoms with E-state index >= 15 is 0 Å². The van der Waals surface area contributed by atoms with E-state index in [1.807, 2.05) is 5.38 Å². The van der Waals surface area contributed by atoms with Crippen LogP contribution in [0.5, 0.6) is 0 Å². The highest BCUT2D eigenvalue weighted by Gasteiger charge is 2.17. The maximum atomic E-state index is 13.6. The van der Waals surface area contributed by atoms with Crippen LogP contribution in [-0.4, -0.2) is 23.3 Å². The number of aromatic nitrogens is 2. The van der Waals surface area contributed by atoms with Gasteiger partial charge < -0.3 is 4.74 Å². The van der Waals surface area contributed by atoms with Crippen LogP contribution in [0.25, 0.3) is 21.3 Å². The number of thiophene rings is 1. The van der Waals surface area contributed by atoms with Gasteiger partial charge in [-0.15, -0.1) is 11.3 Å². The molecular weight excluding hydrogens is 394 g/mol. The van der Waals surface area contributed by atoms with Gasteiger partial charge in [0.1, 0.15) is 22.3 Å². The van der Waals surface area contributed by atoms with Crippen molar-refractivity contribution in [1.29, 1.82) is 0 Å². The zero-order valence-corrected chi connectivity index (χ0v) is 16.5. The van der Waals surface area contributed by atoms with Gasteiger partial charge in [-0.2, -0.15) is 0 Å². The SMILES string of the molecule is COCCc1nc2scc(-c3ccc(F)cc3)c2c(=O)n1Cc1cccc(F)c1. The lowest BCUT2D eigenvalue weighted by Gasteiger charge is -2.13. The third kappa shape index (κ3) is 3.97. The van der Waals surface area contributed by atoms with Crippen molar-refractivity contribution in [3.63, 3.8) is 0 Å². The van der Waals surface area contributed by atoms with E-state index in [2.05, 4.69) is 4.98 Å². The van der Waals surface area contributed by atoms with Gasteiger partial charge in [0.2, 0.25) is 0 Å². The molecule has 0 fully saturated rings. The molecule has 0 N–H and O–H groups in total. The molecule has 4 aromatic rings. The largest absolute Gasteiger partial charge is 0.384 e. The number of rotatable bonds is 6. The second-order valence-corrected chi connectivity index (χ2v) is 7.49. The average molecular weight is 412 g/mol. The molecule has 0 saturated heterocycles. The van der Waals surface area contributed by atoms with Crippen molar-refractivity contribution < 1.29 is 13.5 Å². The van der Waals surface area contributed by atoms with Crippen molar-refractivity contribution in [2.45, 2.75) is 13.0 Å². The molecule has 7 heteroatoms. The van der Waals surface area contributed by atoms with Gasteiger partial charge in [0.15, 0.2) is 0 Å². The van der Waals surface area contributed by atoms with Crippen LogP contribution in [0.15, 0.2) is 58.7 Å². The van der Waals surface area contributed by atoms with Crippen molar-refractivity contribution in [3.05, 3.63) is 87.3 Å². The zero-order valence-electron chi connectivity index (χ0n) is 15.7. The Bertz CT molecular complexity index is 1220. The van der Waals surface area contributed by atoms with Gasteiger partial charge in [0, 0.05) is 24.5 Å². The molecule has 4 rings (SSSR count). The lowest BCUT2D eigenvalue weighted by molar-refractivity contribution is 0.199. The van der Waals surface area contributed by atoms with Crippen molar-refractivity contribution in [2.24, 2.45) is 0 Å². The molecule has 4 nitrogen and oxygen atoms in total. The van der Waals surface area contributed by atoms with Gasteiger partial charge in [-0.1, -0.05) is 24.3 Å². The number of hydrogen-bond donors (Lipinski definition) is 0. The summed E-state index contributed by atoms with van der Waals surface area (Å²) in [5.74, 6) is -0.108. The van der Waals surface area contributed by atoms with E-state index < -0.39 is 0 Å². The van der Waals surface area contributed by atoms with E-state index in [-0.39, 0.29) is 23.7 Å². The molecule has 0 bridgehead atoms. The summed E-state index contributed by atoms with van der Waals surface area (Å²) in [6.07, 6.45) is 0.459. The lowest BCUT2D eigenvalue weighted by atomic mass is 10.1. The molecule has 0 aliphatic rings. The minimum absolute atomic E-state index is 0.203. The molecule has 0 aliphatic carbocycles. The van der Waals surface area contributed by atoms with Crippen LogP contribution in [-0.2, 0) is 17.7 Å². The van der Waals surface area contributed by atoms with Crippen LogP contribution < -0.4 is 5.56 Å². The Labute approximate surface area is 170 Å². The first-order chi connectivity index (χ1) is 14.1. The van der Waals surface area contributed by atoms with Crippen LogP contribution in [0.3, 0.4) is 0 Å². The van der Waals surface area contributed by atoms with Crippen LogP contribution >= 0.6 is 11.3 Å². The number of halogens is 2. The van der Waals surface area contributed by atoms with Crippen LogP contribution in [0.1, 0.15) is 11.4 Å². The molecule has 148 valence electrons. The Morgan fingerprint density at radius 1 is 1.10 bits per heavy atom. The number of hydrogen-bond acceptors (Lipinski definition) is 4. The third-order valence-electron chi connectivity index (χ3n) is 4.69. The molecule has 0 atom stereocenters. The molecule has 0 aliphatic heterocycles. The minimum atomic E-state index is -0.356. The molecule has 0 amide bonds. The first-order valence-corrected chi connectivity index (χ1v) is 9.95. The van der Waals surface area contributed by atoms with Gasteiger partial charge >= 0.3 is 0 Å². The Balaban J connectivity index is 1.88. The minimum Gasteiger partial charge on any atom is -0.384 e. The van der Waals surface area contributed by atoms with E-state index in [0.717, 1.165) is 5.56 Å². The second-order valence-electron chi connectivity index (χ2n) is 6.63. The van der Waals surface area contributed by atoms with Gasteiger partial charge in [-0.25, -0.2) is 13.8 Å². The molecule has 29 heavy (non-hydrogen) atoms. The predicted molar refractivity (Wildman–Crippen MR) is 110 cm³/mol. The molecule has 2 aromatic heterocycles. The summed E-state index contributed by atoms with van der Waals surface area (Å²) < 4.78 is 33.7. The van der Waals surface area contributed by atoms with Crippen molar-refractivity contribution in [2.75, 3.05) is 13.7 Å². The third-order valence-corrected chi connectivity index (χ3v) is 5.56. The number of methoxy groups -OCH3 is 1. The Morgan fingerprint density at radius 2 is 1.90 bits per heavy atom. The van der Waals surface area contributed by atoms with Crippen molar-refractivity contribution >= 4 is 21.6 Å². The Morgan fingerprint density at radius 3 is 2.62 bits per heavy atom. The van der Waals surface area contributed by atoms with Gasteiger partial charge in [-0.3, -0.25) is 9.36 Å². The van der Waals surface area contributed by atoms with E-state index in [0.29, 0.717) is 40.2 Å². The Hall–Kier alpha value is -2.90. The predicted octanol–water partition coefficient (Wildman–Crippen LogP) is 4.64. The number of ether oxygens (including phenoxy) is 1. The second kappa shape index (κ2) is 8.23. The van der Waals surface area contributed by atoms with Crippen LogP contribution in [0, 0.1) is 11.6 Å². The highest BCUT2D eigenvalue weighted by atomic mass is 32.1. The quantitative estimate of drug-likeness (QED) is 0.463. The van der Waals surface area contributed by atoms with Crippen LogP contribution in [0.2, 0.25) is 0 Å². The standard InChI is InChI=1S/C22H18F2N2O2S/c1-28-10-9-19-25-21-20(18(13-29-21)15-5-7-16(23)8-6-15)22(27)26(19)12-14-3-2-4-17(24)11-14/h2-8,11,13H,9-10,12H2,1H3. The Kier molecular flexibility index (Phi) is 5.51. The first-order valence-electron chi connectivity index (χ1n) is 9.07. The molecule has 2 aromatic carbocycles. The first kappa shape index (κ1) is 19.4. The molecule has 0 saturated carbocycles. The van der Waals surface area contributed by atoms with E-state index in [9.17, 15) is 13.6 Å². The van der Waals surface area contributed by atoms with Crippen molar-refractivity contribution in [3.8, 4) is 11.1 Å². The highest BCUT2D eigenvalue weighted by molar-refractivity contribution is 7.17. The summed E-state index contributed by atoms with van der Waals surface area (Å²) in [7, 11) is 1.59. The summed E-state index contributed by atoms with van der Waals surface area (Å²) >= 11 is 1.37. The summed E-state index contributed by atoms with van der Waals surface area (Å²) in [6.45, 7) is 0.620. The lowest BCUT2D eigenvalue weighted by Crippen LogP contribution is -2.26. The highest BCUT2D eigenvalue weighted by Crippen LogP contribution is 2.31. The summed E-state index contributed by atoms with van der Waals surface area (Å²) in [5, 5.41) is 2.35.